The number of methoxy groups -OCH3 is 2. The molecule has 4 rings (SSSR count). The number of nitrogens with zero attached hydrogens (tertiary/aromatic N) is 2. The molecule has 0 spiro atoms. The molecule has 1 aliphatic heterocycles. The second-order valence-corrected chi connectivity index (χ2v) is 8.56. The Labute approximate surface area is 200 Å². The number of ether oxygens (including phenoxy) is 3. The van der Waals surface area contributed by atoms with E-state index >= 15 is 0 Å². The topological polar surface area (TPSA) is 77.4 Å². The lowest BCUT2D eigenvalue weighted by molar-refractivity contribution is -0.136. The van der Waals surface area contributed by atoms with Gasteiger partial charge in [-0.1, -0.05) is 23.7 Å². The minimum Gasteiger partial charge on any atom is -0.493 e. The van der Waals surface area contributed by atoms with Crippen molar-refractivity contribution in [3.63, 3.8) is 0 Å². The van der Waals surface area contributed by atoms with Crippen LogP contribution in [0.2, 0.25) is 5.02 Å². The van der Waals surface area contributed by atoms with E-state index in [-0.39, 0.29) is 6.04 Å². The van der Waals surface area contributed by atoms with Crippen LogP contribution in [-0.4, -0.2) is 43.4 Å². The fourth-order valence-corrected chi connectivity index (χ4v) is 4.36. The summed E-state index contributed by atoms with van der Waals surface area (Å²) in [7, 11) is 3.12. The maximum absolute atomic E-state index is 13.1. The van der Waals surface area contributed by atoms with Crippen molar-refractivity contribution in [2.45, 2.75) is 12.5 Å². The standard InChI is InChI=1S/C24H21ClN2O5S/c1-30-20-10-7-16(12-21(20)31-2)19-13-18(22-4-3-11-33-22)26-27(19)23(28)14-32-24(29)15-5-8-17(25)9-6-15/h3-12,19H,13-14H2,1-2H3. The average molecular weight is 485 g/mol. The van der Waals surface area contributed by atoms with E-state index in [0.717, 1.165) is 16.2 Å². The number of halogens is 1. The van der Waals surface area contributed by atoms with Crippen LogP contribution >= 0.6 is 22.9 Å². The van der Waals surface area contributed by atoms with E-state index in [1.165, 1.54) is 5.01 Å². The SMILES string of the molecule is COc1ccc(C2CC(c3cccs3)=NN2C(=O)COC(=O)c2ccc(Cl)cc2)cc1OC. The second kappa shape index (κ2) is 10.1. The van der Waals surface area contributed by atoms with Crippen LogP contribution in [0.15, 0.2) is 65.1 Å². The number of hydrogen-bond donors (Lipinski definition) is 0. The number of hydrogen-bond acceptors (Lipinski definition) is 7. The highest BCUT2D eigenvalue weighted by atomic mass is 35.5. The van der Waals surface area contributed by atoms with E-state index in [1.807, 2.05) is 29.6 Å². The van der Waals surface area contributed by atoms with Gasteiger partial charge < -0.3 is 14.2 Å². The Hall–Kier alpha value is -3.36. The largest absolute Gasteiger partial charge is 0.493 e. The van der Waals surface area contributed by atoms with Crippen molar-refractivity contribution in [1.29, 1.82) is 0 Å². The highest BCUT2D eigenvalue weighted by molar-refractivity contribution is 7.12. The Balaban J connectivity index is 1.56. The van der Waals surface area contributed by atoms with Gasteiger partial charge in [-0.15, -0.1) is 11.3 Å². The number of rotatable bonds is 7. The molecule has 170 valence electrons. The predicted octanol–water partition coefficient (Wildman–Crippen LogP) is 4.95. The lowest BCUT2D eigenvalue weighted by Crippen LogP contribution is -2.31. The van der Waals surface area contributed by atoms with Crippen LogP contribution in [0, 0.1) is 0 Å². The molecule has 0 bridgehead atoms. The first-order chi connectivity index (χ1) is 16.0. The van der Waals surface area contributed by atoms with Crippen molar-refractivity contribution in [2.24, 2.45) is 5.10 Å². The number of thiophene rings is 1. The van der Waals surface area contributed by atoms with E-state index < -0.39 is 18.5 Å². The molecule has 2 heterocycles. The summed E-state index contributed by atoms with van der Waals surface area (Å²) in [6, 6.07) is 15.3. The van der Waals surface area contributed by atoms with E-state index in [1.54, 1.807) is 55.9 Å². The quantitative estimate of drug-likeness (QED) is 0.443. The van der Waals surface area contributed by atoms with Crippen LogP contribution in [0.1, 0.15) is 33.3 Å². The summed E-state index contributed by atoms with van der Waals surface area (Å²) in [5.74, 6) is 0.113. The summed E-state index contributed by atoms with van der Waals surface area (Å²) in [6.45, 7) is -0.438. The Kier molecular flexibility index (Phi) is 6.96. The van der Waals surface area contributed by atoms with Gasteiger partial charge >= 0.3 is 5.97 Å². The number of amides is 1. The molecule has 0 saturated carbocycles. The summed E-state index contributed by atoms with van der Waals surface area (Å²) >= 11 is 7.41. The summed E-state index contributed by atoms with van der Waals surface area (Å²) in [4.78, 5) is 26.4. The molecule has 0 radical (unpaired) electrons. The third kappa shape index (κ3) is 5.02. The Morgan fingerprint density at radius 1 is 1.09 bits per heavy atom. The fourth-order valence-electron chi connectivity index (χ4n) is 3.51. The number of hydrazone groups is 1. The predicted molar refractivity (Wildman–Crippen MR) is 126 cm³/mol. The van der Waals surface area contributed by atoms with Gasteiger partial charge in [-0.2, -0.15) is 5.10 Å². The van der Waals surface area contributed by atoms with Crippen molar-refractivity contribution < 1.29 is 23.8 Å². The first-order valence-electron chi connectivity index (χ1n) is 10.1. The van der Waals surface area contributed by atoms with Crippen LogP contribution in [0.25, 0.3) is 0 Å². The van der Waals surface area contributed by atoms with Gasteiger partial charge in [-0.25, -0.2) is 9.80 Å². The molecule has 33 heavy (non-hydrogen) atoms. The van der Waals surface area contributed by atoms with E-state index in [2.05, 4.69) is 5.10 Å². The molecule has 2 aromatic carbocycles. The van der Waals surface area contributed by atoms with Crippen molar-refractivity contribution in [3.8, 4) is 11.5 Å². The van der Waals surface area contributed by atoms with Gasteiger partial charge in [-0.05, 0) is 53.4 Å². The highest BCUT2D eigenvalue weighted by Crippen LogP contribution is 2.37. The van der Waals surface area contributed by atoms with Gasteiger partial charge in [0, 0.05) is 11.4 Å². The molecule has 0 saturated heterocycles. The second-order valence-electron chi connectivity index (χ2n) is 7.18. The molecule has 1 unspecified atom stereocenters. The molecule has 0 N–H and O–H groups in total. The molecular formula is C24H21ClN2O5S. The van der Waals surface area contributed by atoms with Crippen LogP contribution in [0.3, 0.4) is 0 Å². The molecule has 0 aliphatic carbocycles. The molecular weight excluding hydrogens is 464 g/mol. The van der Waals surface area contributed by atoms with Crippen molar-refractivity contribution >= 4 is 40.5 Å². The first kappa shape index (κ1) is 22.8. The monoisotopic (exact) mass is 484 g/mol. The Morgan fingerprint density at radius 2 is 1.85 bits per heavy atom. The molecule has 3 aromatic rings. The van der Waals surface area contributed by atoms with Gasteiger partial charge in [0.05, 0.1) is 36.4 Å². The zero-order chi connectivity index (χ0) is 23.4. The highest BCUT2D eigenvalue weighted by Gasteiger charge is 2.34. The van der Waals surface area contributed by atoms with Gasteiger partial charge in [0.1, 0.15) is 0 Å². The third-order valence-electron chi connectivity index (χ3n) is 5.17. The van der Waals surface area contributed by atoms with E-state index in [0.29, 0.717) is 28.5 Å². The molecule has 0 fully saturated rings. The minimum absolute atomic E-state index is 0.313. The number of carbonyl (C=O) groups is 2. The van der Waals surface area contributed by atoms with Crippen molar-refractivity contribution in [2.75, 3.05) is 20.8 Å². The minimum atomic E-state index is -0.607. The first-order valence-corrected chi connectivity index (χ1v) is 11.3. The molecule has 1 atom stereocenters. The maximum Gasteiger partial charge on any atom is 0.338 e. The van der Waals surface area contributed by atoms with Gasteiger partial charge in [-0.3, -0.25) is 4.79 Å². The van der Waals surface area contributed by atoms with E-state index in [4.69, 9.17) is 25.8 Å². The third-order valence-corrected chi connectivity index (χ3v) is 6.34. The number of carbonyl (C=O) groups excluding carboxylic acids is 2. The lowest BCUT2D eigenvalue weighted by atomic mass is 10.0. The average Bonchev–Trinajstić information content (AvgIpc) is 3.52. The molecule has 1 aliphatic rings. The zero-order valence-corrected chi connectivity index (χ0v) is 19.6. The molecule has 7 nitrogen and oxygen atoms in total. The normalized spacial score (nSPS) is 15.2. The smallest absolute Gasteiger partial charge is 0.338 e. The molecule has 9 heteroatoms. The zero-order valence-electron chi connectivity index (χ0n) is 18.0. The van der Waals surface area contributed by atoms with Gasteiger partial charge in [0.25, 0.3) is 5.91 Å². The van der Waals surface area contributed by atoms with Crippen LogP contribution in [-0.2, 0) is 9.53 Å². The van der Waals surface area contributed by atoms with Crippen LogP contribution < -0.4 is 9.47 Å². The summed E-state index contributed by atoms with van der Waals surface area (Å²) < 4.78 is 16.0. The van der Waals surface area contributed by atoms with Crippen LogP contribution in [0.4, 0.5) is 0 Å². The summed E-state index contributed by atoms with van der Waals surface area (Å²) in [5.41, 5.74) is 1.94. The molecule has 1 aromatic heterocycles. The maximum atomic E-state index is 13.1. The summed E-state index contributed by atoms with van der Waals surface area (Å²) in [6.07, 6.45) is 0.521. The Bertz CT molecular complexity index is 1180. The lowest BCUT2D eigenvalue weighted by Gasteiger charge is -2.22. The van der Waals surface area contributed by atoms with Crippen LogP contribution in [0.5, 0.6) is 11.5 Å². The van der Waals surface area contributed by atoms with Gasteiger partial charge in [0.2, 0.25) is 0 Å². The van der Waals surface area contributed by atoms with E-state index in [9.17, 15) is 9.59 Å². The van der Waals surface area contributed by atoms with Crippen molar-refractivity contribution in [1.82, 2.24) is 5.01 Å². The van der Waals surface area contributed by atoms with Gasteiger partial charge in [0.15, 0.2) is 18.1 Å². The fraction of sp³-hybridized carbons (Fsp3) is 0.208. The summed E-state index contributed by atoms with van der Waals surface area (Å²) in [5, 5.41) is 8.43. The number of benzene rings is 2. The number of esters is 1. The molecule has 1 amide bonds. The Morgan fingerprint density at radius 3 is 2.52 bits per heavy atom. The van der Waals surface area contributed by atoms with Crippen molar-refractivity contribution in [3.05, 3.63) is 81.0 Å².